The molecule has 2 aromatic heterocycles. The lowest BCUT2D eigenvalue weighted by Gasteiger charge is -2.26. The fraction of sp³-hybridized carbons (Fsp3) is 0.286. The van der Waals surface area contributed by atoms with E-state index in [1.54, 1.807) is 29.5 Å². The number of hydrogen-bond donors (Lipinski definition) is 1. The SMILES string of the molecule is COC(=O)c1c(-n2c(C)cc(/C=C3\C(=O)NC(=O)N(c4cccc(C)c4)C3=O)c2C)sc2c1CCCC2. The van der Waals surface area contributed by atoms with Crippen molar-refractivity contribution in [2.45, 2.75) is 46.5 Å². The van der Waals surface area contributed by atoms with Crippen molar-refractivity contribution in [1.29, 1.82) is 0 Å². The van der Waals surface area contributed by atoms with E-state index >= 15 is 0 Å². The van der Waals surface area contributed by atoms with Gasteiger partial charge in [0.05, 0.1) is 18.4 Å². The minimum atomic E-state index is -0.782. The number of anilines is 1. The van der Waals surface area contributed by atoms with Gasteiger partial charge >= 0.3 is 12.0 Å². The minimum absolute atomic E-state index is 0.139. The summed E-state index contributed by atoms with van der Waals surface area (Å²) in [6.45, 7) is 5.66. The molecular weight excluding hydrogens is 490 g/mol. The molecule has 1 aliphatic heterocycles. The molecule has 0 bridgehead atoms. The molecule has 0 unspecified atom stereocenters. The van der Waals surface area contributed by atoms with Gasteiger partial charge in [-0.25, -0.2) is 14.5 Å². The molecule has 5 rings (SSSR count). The average molecular weight is 518 g/mol. The van der Waals surface area contributed by atoms with Crippen LogP contribution in [0.4, 0.5) is 10.5 Å². The molecule has 1 saturated heterocycles. The molecule has 0 saturated carbocycles. The number of carbonyl (C=O) groups is 4. The monoisotopic (exact) mass is 517 g/mol. The molecule has 9 heteroatoms. The lowest BCUT2D eigenvalue weighted by atomic mass is 9.95. The van der Waals surface area contributed by atoms with Gasteiger partial charge in [-0.15, -0.1) is 11.3 Å². The quantitative estimate of drug-likeness (QED) is 0.305. The van der Waals surface area contributed by atoms with E-state index in [0.717, 1.165) is 58.1 Å². The number of nitrogens with one attached hydrogen (secondary N) is 1. The number of rotatable bonds is 4. The number of aromatic nitrogens is 1. The van der Waals surface area contributed by atoms with Crippen molar-refractivity contribution in [3.63, 3.8) is 0 Å². The van der Waals surface area contributed by atoms with Crippen molar-refractivity contribution in [3.05, 3.63) is 74.4 Å². The second-order valence-corrected chi connectivity index (χ2v) is 10.4. The largest absolute Gasteiger partial charge is 0.465 e. The second kappa shape index (κ2) is 9.48. The van der Waals surface area contributed by atoms with E-state index in [1.807, 2.05) is 37.5 Å². The molecule has 37 heavy (non-hydrogen) atoms. The lowest BCUT2D eigenvalue weighted by Crippen LogP contribution is -2.54. The van der Waals surface area contributed by atoms with Gasteiger partial charge in [0, 0.05) is 16.3 Å². The number of aryl methyl sites for hydroxylation is 3. The van der Waals surface area contributed by atoms with Crippen LogP contribution in [0, 0.1) is 20.8 Å². The van der Waals surface area contributed by atoms with E-state index in [2.05, 4.69) is 5.32 Å². The summed E-state index contributed by atoms with van der Waals surface area (Å²) in [7, 11) is 1.39. The standard InChI is InChI=1S/C28H27N3O5S/c1-15-8-7-9-19(12-15)31-25(33)21(24(32)29-28(31)35)14-18-13-16(2)30(17(18)3)26-23(27(34)36-4)20-10-5-6-11-22(20)37-26/h7-9,12-14H,5-6,10-11H2,1-4H3,(H,29,32,35)/b21-14+. The molecule has 8 nitrogen and oxygen atoms in total. The molecule has 2 aliphatic rings. The van der Waals surface area contributed by atoms with Crippen LogP contribution in [0.15, 0.2) is 35.9 Å². The van der Waals surface area contributed by atoms with Gasteiger partial charge in [-0.3, -0.25) is 14.9 Å². The third kappa shape index (κ3) is 4.19. The van der Waals surface area contributed by atoms with Crippen LogP contribution in [0.5, 0.6) is 0 Å². The van der Waals surface area contributed by atoms with Gasteiger partial charge in [0.2, 0.25) is 0 Å². The van der Waals surface area contributed by atoms with Crippen LogP contribution in [-0.4, -0.2) is 35.5 Å². The highest BCUT2D eigenvalue weighted by Crippen LogP contribution is 2.39. The number of esters is 1. The summed E-state index contributed by atoms with van der Waals surface area (Å²) >= 11 is 1.59. The first kappa shape index (κ1) is 24.7. The van der Waals surface area contributed by atoms with Crippen molar-refractivity contribution in [2.75, 3.05) is 12.0 Å². The Morgan fingerprint density at radius 3 is 2.57 bits per heavy atom. The molecule has 0 atom stereocenters. The average Bonchev–Trinajstić information content (AvgIpc) is 3.37. The highest BCUT2D eigenvalue weighted by Gasteiger charge is 2.37. The predicted molar refractivity (Wildman–Crippen MR) is 141 cm³/mol. The van der Waals surface area contributed by atoms with Crippen LogP contribution in [0.3, 0.4) is 0 Å². The number of carbonyl (C=O) groups excluding carboxylic acids is 4. The number of barbiturate groups is 1. The zero-order valence-electron chi connectivity index (χ0n) is 21.1. The lowest BCUT2D eigenvalue weighted by molar-refractivity contribution is -0.122. The number of urea groups is 1. The highest BCUT2D eigenvalue weighted by molar-refractivity contribution is 7.15. The second-order valence-electron chi connectivity index (χ2n) is 9.34. The van der Waals surface area contributed by atoms with E-state index in [1.165, 1.54) is 18.1 Å². The van der Waals surface area contributed by atoms with Crippen LogP contribution in [0.2, 0.25) is 0 Å². The van der Waals surface area contributed by atoms with Gasteiger partial charge in [-0.05, 0) is 87.4 Å². The fourth-order valence-electron chi connectivity index (χ4n) is 5.08. The zero-order chi connectivity index (χ0) is 26.4. The molecule has 1 N–H and O–H groups in total. The van der Waals surface area contributed by atoms with Gasteiger partial charge in [0.1, 0.15) is 10.6 Å². The molecule has 1 aromatic carbocycles. The van der Waals surface area contributed by atoms with E-state index in [0.29, 0.717) is 16.8 Å². The fourth-order valence-corrected chi connectivity index (χ4v) is 6.57. The van der Waals surface area contributed by atoms with Gasteiger partial charge in [0.25, 0.3) is 11.8 Å². The summed E-state index contributed by atoms with van der Waals surface area (Å²) in [5.74, 6) is -1.80. The summed E-state index contributed by atoms with van der Waals surface area (Å²) < 4.78 is 7.12. The third-order valence-corrected chi connectivity index (χ3v) is 8.15. The molecule has 1 aliphatic carbocycles. The smallest absolute Gasteiger partial charge is 0.341 e. The van der Waals surface area contributed by atoms with Crippen LogP contribution in [0.25, 0.3) is 11.1 Å². The first-order valence-corrected chi connectivity index (χ1v) is 12.9. The number of thiophene rings is 1. The summed E-state index contributed by atoms with van der Waals surface area (Å²) in [5, 5.41) is 3.06. The van der Waals surface area contributed by atoms with Crippen LogP contribution in [0.1, 0.15) is 56.2 Å². The van der Waals surface area contributed by atoms with Gasteiger partial charge in [-0.1, -0.05) is 12.1 Å². The minimum Gasteiger partial charge on any atom is -0.465 e. The van der Waals surface area contributed by atoms with Gasteiger partial charge < -0.3 is 9.30 Å². The maximum atomic E-state index is 13.4. The number of benzene rings is 1. The Balaban J connectivity index is 1.60. The maximum Gasteiger partial charge on any atom is 0.341 e. The number of ether oxygens (including phenoxy) is 1. The zero-order valence-corrected chi connectivity index (χ0v) is 22.0. The Hall–Kier alpha value is -3.98. The predicted octanol–water partition coefficient (Wildman–Crippen LogP) is 4.80. The Morgan fingerprint density at radius 1 is 1.08 bits per heavy atom. The summed E-state index contributed by atoms with van der Waals surface area (Å²) in [6.07, 6.45) is 5.39. The molecule has 1 fully saturated rings. The third-order valence-electron chi connectivity index (χ3n) is 6.88. The number of fused-ring (bicyclic) bond motifs is 1. The number of imide groups is 2. The number of hydrogen-bond acceptors (Lipinski definition) is 6. The Labute approximate surface area is 218 Å². The van der Waals surface area contributed by atoms with Crippen molar-refractivity contribution < 1.29 is 23.9 Å². The van der Waals surface area contributed by atoms with E-state index in [-0.39, 0.29) is 11.5 Å². The summed E-state index contributed by atoms with van der Waals surface area (Å²) in [5.41, 5.74) is 5.04. The number of nitrogens with zero attached hydrogens (tertiary/aromatic N) is 2. The molecule has 3 aromatic rings. The topological polar surface area (TPSA) is 97.7 Å². The molecular formula is C28H27N3O5S. The maximum absolute atomic E-state index is 13.4. The highest BCUT2D eigenvalue weighted by atomic mass is 32.1. The first-order chi connectivity index (χ1) is 17.7. The molecule has 190 valence electrons. The van der Waals surface area contributed by atoms with Crippen molar-refractivity contribution >= 4 is 46.9 Å². The van der Waals surface area contributed by atoms with Crippen LogP contribution in [-0.2, 0) is 27.2 Å². The summed E-state index contributed by atoms with van der Waals surface area (Å²) in [4.78, 5) is 53.7. The van der Waals surface area contributed by atoms with E-state index < -0.39 is 17.8 Å². The number of methoxy groups -OCH3 is 1. The molecule has 3 heterocycles. The van der Waals surface area contributed by atoms with Gasteiger partial charge in [-0.2, -0.15) is 0 Å². The molecule has 0 spiro atoms. The van der Waals surface area contributed by atoms with E-state index in [9.17, 15) is 19.2 Å². The Kier molecular flexibility index (Phi) is 6.33. The van der Waals surface area contributed by atoms with Crippen LogP contribution < -0.4 is 10.2 Å². The van der Waals surface area contributed by atoms with Crippen molar-refractivity contribution in [1.82, 2.24) is 9.88 Å². The van der Waals surface area contributed by atoms with Crippen molar-refractivity contribution in [3.8, 4) is 5.00 Å². The van der Waals surface area contributed by atoms with Crippen LogP contribution >= 0.6 is 11.3 Å². The number of amides is 4. The molecule has 0 radical (unpaired) electrons. The summed E-state index contributed by atoms with van der Waals surface area (Å²) in [6, 6.07) is 8.06. The van der Waals surface area contributed by atoms with Gasteiger partial charge in [0.15, 0.2) is 0 Å². The molecule has 4 amide bonds. The normalized spacial score (nSPS) is 16.7. The Bertz CT molecular complexity index is 1510. The Morgan fingerprint density at radius 2 is 1.84 bits per heavy atom. The van der Waals surface area contributed by atoms with Crippen molar-refractivity contribution in [2.24, 2.45) is 0 Å². The van der Waals surface area contributed by atoms with E-state index in [4.69, 9.17) is 4.74 Å². The first-order valence-electron chi connectivity index (χ1n) is 12.1.